The van der Waals surface area contributed by atoms with E-state index in [4.69, 9.17) is 0 Å². The molecule has 0 fully saturated rings. The van der Waals surface area contributed by atoms with Gasteiger partial charge in [0.15, 0.2) is 0 Å². The van der Waals surface area contributed by atoms with Crippen LogP contribution in [0.4, 0.5) is 0 Å². The maximum atomic E-state index is 12.2. The summed E-state index contributed by atoms with van der Waals surface area (Å²) in [5.41, 5.74) is 4.46. The Balaban J connectivity index is 1.63. The van der Waals surface area contributed by atoms with Crippen LogP contribution in [-0.2, 0) is 6.42 Å². The minimum absolute atomic E-state index is 0.0563. The third-order valence-corrected chi connectivity index (χ3v) is 3.80. The van der Waals surface area contributed by atoms with Crippen LogP contribution in [0.15, 0.2) is 59.7 Å². The van der Waals surface area contributed by atoms with Crippen molar-refractivity contribution in [1.82, 2.24) is 14.9 Å². The van der Waals surface area contributed by atoms with Crippen LogP contribution in [0.1, 0.15) is 16.1 Å². The molecule has 0 aliphatic heterocycles. The zero-order chi connectivity index (χ0) is 14.5. The van der Waals surface area contributed by atoms with Gasteiger partial charge in [0.1, 0.15) is 0 Å². The first kappa shape index (κ1) is 13.6. The second kappa shape index (κ2) is 6.37. The van der Waals surface area contributed by atoms with Gasteiger partial charge in [-0.05, 0) is 30.3 Å². The molecule has 1 amide bonds. The highest BCUT2D eigenvalue weighted by molar-refractivity contribution is 7.07. The molecule has 0 radical (unpaired) electrons. The van der Waals surface area contributed by atoms with Gasteiger partial charge in [0, 0.05) is 42.0 Å². The molecule has 0 aliphatic carbocycles. The van der Waals surface area contributed by atoms with Gasteiger partial charge in [-0.3, -0.25) is 4.79 Å². The van der Waals surface area contributed by atoms with Gasteiger partial charge in [0.05, 0.1) is 11.2 Å². The average molecular weight is 297 g/mol. The first-order chi connectivity index (χ1) is 10.3. The lowest BCUT2D eigenvalue weighted by molar-refractivity contribution is 0.0954. The number of rotatable bonds is 5. The number of carbonyl (C=O) groups excluding carboxylic acids is 1. The van der Waals surface area contributed by atoms with Crippen molar-refractivity contribution in [3.05, 3.63) is 70.9 Å². The van der Waals surface area contributed by atoms with E-state index in [1.165, 1.54) is 0 Å². The normalized spacial score (nSPS) is 10.5. The lowest BCUT2D eigenvalue weighted by Gasteiger charge is -2.07. The summed E-state index contributed by atoms with van der Waals surface area (Å²) >= 11 is 1.57. The molecule has 21 heavy (non-hydrogen) atoms. The van der Waals surface area contributed by atoms with Crippen molar-refractivity contribution >= 4 is 17.2 Å². The Labute approximate surface area is 127 Å². The van der Waals surface area contributed by atoms with E-state index in [-0.39, 0.29) is 5.91 Å². The summed E-state index contributed by atoms with van der Waals surface area (Å²) < 4.78 is 1.98. The van der Waals surface area contributed by atoms with Gasteiger partial charge in [-0.1, -0.05) is 6.07 Å². The summed E-state index contributed by atoms with van der Waals surface area (Å²) in [6.45, 7) is 0.594. The van der Waals surface area contributed by atoms with Gasteiger partial charge in [-0.15, -0.1) is 11.3 Å². The monoisotopic (exact) mass is 297 g/mol. The van der Waals surface area contributed by atoms with E-state index in [1.807, 2.05) is 58.7 Å². The van der Waals surface area contributed by atoms with Crippen molar-refractivity contribution in [3.63, 3.8) is 0 Å². The molecule has 4 nitrogen and oxygen atoms in total. The molecule has 0 saturated heterocycles. The van der Waals surface area contributed by atoms with Gasteiger partial charge < -0.3 is 9.88 Å². The van der Waals surface area contributed by atoms with Crippen LogP contribution in [0.2, 0.25) is 0 Å². The van der Waals surface area contributed by atoms with Gasteiger partial charge in [-0.25, -0.2) is 4.98 Å². The molecule has 0 bridgehead atoms. The van der Waals surface area contributed by atoms with Crippen LogP contribution >= 0.6 is 11.3 Å². The fourth-order valence-corrected chi connectivity index (χ4v) is 2.67. The predicted octanol–water partition coefficient (Wildman–Crippen LogP) is 2.91. The molecule has 3 aromatic rings. The molecule has 3 rings (SSSR count). The second-order valence-electron chi connectivity index (χ2n) is 4.63. The lowest BCUT2D eigenvalue weighted by Crippen LogP contribution is -2.25. The summed E-state index contributed by atoms with van der Waals surface area (Å²) in [6.07, 6.45) is 4.67. The van der Waals surface area contributed by atoms with E-state index < -0.39 is 0 Å². The standard InChI is InChI=1S/C16H15N3OS/c20-16(17-7-6-14-11-21-12-18-14)13-4-3-5-15(10-13)19-8-1-2-9-19/h1-5,8-12H,6-7H2,(H,17,20). The van der Waals surface area contributed by atoms with Crippen LogP contribution in [0.25, 0.3) is 5.69 Å². The number of hydrogen-bond acceptors (Lipinski definition) is 3. The van der Waals surface area contributed by atoms with Crippen LogP contribution in [0.3, 0.4) is 0 Å². The molecule has 2 aromatic heterocycles. The highest BCUT2D eigenvalue weighted by atomic mass is 32.1. The Morgan fingerprint density at radius 2 is 2.10 bits per heavy atom. The Kier molecular flexibility index (Phi) is 4.12. The lowest BCUT2D eigenvalue weighted by atomic mass is 10.2. The van der Waals surface area contributed by atoms with Gasteiger partial charge in [-0.2, -0.15) is 0 Å². The maximum absolute atomic E-state index is 12.2. The van der Waals surface area contributed by atoms with E-state index in [1.54, 1.807) is 16.8 Å². The second-order valence-corrected chi connectivity index (χ2v) is 5.35. The molecule has 0 atom stereocenters. The molecule has 0 spiro atoms. The van der Waals surface area contributed by atoms with Crippen LogP contribution in [0.5, 0.6) is 0 Å². The third-order valence-electron chi connectivity index (χ3n) is 3.16. The minimum Gasteiger partial charge on any atom is -0.352 e. The fourth-order valence-electron chi connectivity index (χ4n) is 2.08. The van der Waals surface area contributed by atoms with Crippen molar-refractivity contribution in [2.75, 3.05) is 6.54 Å². The van der Waals surface area contributed by atoms with Crippen molar-refractivity contribution in [2.24, 2.45) is 0 Å². The summed E-state index contributed by atoms with van der Waals surface area (Å²) in [6, 6.07) is 11.5. The first-order valence-corrected chi connectivity index (χ1v) is 7.66. The molecule has 5 heteroatoms. The molecule has 1 aromatic carbocycles. The van der Waals surface area contributed by atoms with E-state index in [0.29, 0.717) is 12.1 Å². The van der Waals surface area contributed by atoms with E-state index in [2.05, 4.69) is 10.3 Å². The molecule has 0 saturated carbocycles. The summed E-state index contributed by atoms with van der Waals surface area (Å²) in [4.78, 5) is 16.4. The Bertz CT molecular complexity index is 705. The molecule has 106 valence electrons. The Hall–Kier alpha value is -2.40. The quantitative estimate of drug-likeness (QED) is 0.787. The van der Waals surface area contributed by atoms with Crippen molar-refractivity contribution in [2.45, 2.75) is 6.42 Å². The smallest absolute Gasteiger partial charge is 0.251 e. The van der Waals surface area contributed by atoms with Crippen molar-refractivity contribution < 1.29 is 4.79 Å². The summed E-state index contributed by atoms with van der Waals surface area (Å²) in [7, 11) is 0. The SMILES string of the molecule is O=C(NCCc1cscn1)c1cccc(-n2cccc2)c1. The van der Waals surface area contributed by atoms with Gasteiger partial charge in [0.2, 0.25) is 0 Å². The van der Waals surface area contributed by atoms with Gasteiger partial charge >= 0.3 is 0 Å². The van der Waals surface area contributed by atoms with Crippen LogP contribution in [0, 0.1) is 0 Å². The minimum atomic E-state index is -0.0563. The fraction of sp³-hybridized carbons (Fsp3) is 0.125. The van der Waals surface area contributed by atoms with Gasteiger partial charge in [0.25, 0.3) is 5.91 Å². The molecule has 0 aliphatic rings. The van der Waals surface area contributed by atoms with Crippen LogP contribution in [-0.4, -0.2) is 22.0 Å². The number of hydrogen-bond donors (Lipinski definition) is 1. The largest absolute Gasteiger partial charge is 0.352 e. The van der Waals surface area contributed by atoms with Crippen molar-refractivity contribution in [1.29, 1.82) is 0 Å². The third kappa shape index (κ3) is 3.38. The Morgan fingerprint density at radius 3 is 2.86 bits per heavy atom. The zero-order valence-electron chi connectivity index (χ0n) is 11.4. The molecular formula is C16H15N3OS. The van der Waals surface area contributed by atoms with Crippen molar-refractivity contribution in [3.8, 4) is 5.69 Å². The number of nitrogens with zero attached hydrogens (tertiary/aromatic N) is 2. The number of amides is 1. The van der Waals surface area contributed by atoms with Crippen LogP contribution < -0.4 is 5.32 Å². The number of carbonyl (C=O) groups is 1. The number of nitrogens with one attached hydrogen (secondary N) is 1. The molecule has 0 unspecified atom stereocenters. The van der Waals surface area contributed by atoms with E-state index >= 15 is 0 Å². The summed E-state index contributed by atoms with van der Waals surface area (Å²) in [5, 5.41) is 4.93. The summed E-state index contributed by atoms with van der Waals surface area (Å²) in [5.74, 6) is -0.0563. The molecule has 2 heterocycles. The van der Waals surface area contributed by atoms with E-state index in [0.717, 1.165) is 17.8 Å². The molecule has 1 N–H and O–H groups in total. The average Bonchev–Trinajstić information content (AvgIpc) is 3.21. The first-order valence-electron chi connectivity index (χ1n) is 6.71. The molecular weight excluding hydrogens is 282 g/mol. The highest BCUT2D eigenvalue weighted by Gasteiger charge is 2.06. The maximum Gasteiger partial charge on any atom is 0.251 e. The predicted molar refractivity (Wildman–Crippen MR) is 83.9 cm³/mol. The zero-order valence-corrected chi connectivity index (χ0v) is 12.2. The number of thiazole rings is 1. The number of benzene rings is 1. The highest BCUT2D eigenvalue weighted by Crippen LogP contribution is 2.11. The van der Waals surface area contributed by atoms with E-state index in [9.17, 15) is 4.79 Å². The number of aromatic nitrogens is 2. The Morgan fingerprint density at radius 1 is 1.24 bits per heavy atom. The topological polar surface area (TPSA) is 46.9 Å².